The molecule has 52 heavy (non-hydrogen) atoms. The second-order valence-electron chi connectivity index (χ2n) is 13.3. The van der Waals surface area contributed by atoms with Crippen molar-refractivity contribution in [1.82, 2.24) is 25.1 Å². The van der Waals surface area contributed by atoms with Crippen molar-refractivity contribution in [2.75, 3.05) is 19.0 Å². The van der Waals surface area contributed by atoms with Crippen LogP contribution in [0.2, 0.25) is 0 Å². The van der Waals surface area contributed by atoms with E-state index in [0.29, 0.717) is 46.0 Å². The molecule has 0 bridgehead atoms. The molecule has 264 valence electrons. The largest absolute Gasteiger partial charge is 0.496 e. The number of benzene rings is 2. The minimum atomic E-state index is -4.48. The number of methoxy groups -OCH3 is 1. The van der Waals surface area contributed by atoms with Crippen molar-refractivity contribution < 1.29 is 27.1 Å². The number of alkyl halides is 3. The van der Waals surface area contributed by atoms with Gasteiger partial charge in [0.25, 0.3) is 11.8 Å². The summed E-state index contributed by atoms with van der Waals surface area (Å²) < 4.78 is 52.8. The van der Waals surface area contributed by atoms with Gasteiger partial charge in [-0.15, -0.1) is 16.4 Å². The summed E-state index contributed by atoms with van der Waals surface area (Å²) in [5.41, 5.74) is 4.52. The summed E-state index contributed by atoms with van der Waals surface area (Å²) in [6, 6.07) is 15.0. The van der Waals surface area contributed by atoms with Gasteiger partial charge in [0.1, 0.15) is 11.6 Å². The molecule has 0 saturated carbocycles. The van der Waals surface area contributed by atoms with E-state index < -0.39 is 17.5 Å². The van der Waals surface area contributed by atoms with Crippen LogP contribution in [0.1, 0.15) is 75.3 Å². The lowest BCUT2D eigenvalue weighted by Crippen LogP contribution is -2.22. The number of amides is 1. The maximum Gasteiger partial charge on any atom is 0.434 e. The molecule has 1 fully saturated rings. The van der Waals surface area contributed by atoms with Crippen LogP contribution in [-0.4, -0.2) is 44.6 Å². The van der Waals surface area contributed by atoms with Gasteiger partial charge >= 0.3 is 11.9 Å². The third kappa shape index (κ3) is 5.35. The Bertz CT molecular complexity index is 2450. The molecule has 2 atom stereocenters. The van der Waals surface area contributed by atoms with Crippen LogP contribution in [0.25, 0.3) is 32.0 Å². The fourth-order valence-electron chi connectivity index (χ4n) is 8.03. The molecule has 0 spiro atoms. The molecule has 10 nitrogen and oxygen atoms in total. The first-order chi connectivity index (χ1) is 25.2. The molecule has 9 rings (SSSR count). The predicted molar refractivity (Wildman–Crippen MR) is 189 cm³/mol. The average molecular weight is 725 g/mol. The highest BCUT2D eigenvalue weighted by Gasteiger charge is 2.45. The van der Waals surface area contributed by atoms with Gasteiger partial charge in [0.05, 0.1) is 52.0 Å². The highest BCUT2D eigenvalue weighted by atomic mass is 32.1. The van der Waals surface area contributed by atoms with Gasteiger partial charge in [-0.25, -0.2) is 14.9 Å². The number of aryl methyl sites for hydroxylation is 2. The molecular weight excluding hydrogens is 694 g/mol. The summed E-state index contributed by atoms with van der Waals surface area (Å²) in [6.45, 7) is 0.587. The molecule has 4 aromatic heterocycles. The summed E-state index contributed by atoms with van der Waals surface area (Å²) in [5, 5.41) is 11.1. The number of fused-ring (bicyclic) bond motifs is 5. The summed E-state index contributed by atoms with van der Waals surface area (Å²) >= 11 is 1.46. The standard InChI is InChI=1S/C38H31F3N6O4S/c1-50-27-9-3-7-22-23(27)11-13-24(22)44-34-33-20(14-15-42-34)18-28(52-33)30-29(35-45-46-37(49)51-35)25(12-10-19-5-2-6-21(17-19)38(39,40)41)43-32-26-8-4-16-47(26)36(48)31(30)32/h2-3,5-7,9,14-15,17-18,24,26H,4,8,10-13,16H2,1H3,(H,42,44)(H,46,49)/t24-,26?/m0/s1. The fourth-order valence-corrected chi connectivity index (χ4v) is 9.19. The number of pyridine rings is 2. The number of rotatable bonds is 8. The molecule has 2 N–H and O–H groups in total. The molecule has 1 aliphatic carbocycles. The van der Waals surface area contributed by atoms with Crippen molar-refractivity contribution in [1.29, 1.82) is 0 Å². The number of nitrogens with zero attached hydrogens (tertiary/aromatic N) is 4. The molecule has 2 aliphatic heterocycles. The SMILES string of the molecule is COc1cccc2c1CC[C@@H]2Nc1nccc2cc(-c3c4c(nc(CCc5cccc(C(F)(F)F)c5)c3-c3n[nH]c(=O)o3)C3CCCN3C4=O)sc12. The number of H-pyrrole nitrogens is 1. The maximum absolute atomic E-state index is 14.2. The minimum Gasteiger partial charge on any atom is -0.496 e. The van der Waals surface area contributed by atoms with Crippen LogP contribution in [0.15, 0.2) is 70.0 Å². The molecular formula is C38H31F3N6O4S. The Labute approximate surface area is 298 Å². The Kier molecular flexibility index (Phi) is 7.68. The normalized spacial score (nSPS) is 17.8. The van der Waals surface area contributed by atoms with Crippen LogP contribution in [-0.2, 0) is 25.4 Å². The Morgan fingerprint density at radius 2 is 1.92 bits per heavy atom. The predicted octanol–water partition coefficient (Wildman–Crippen LogP) is 7.90. The molecule has 1 amide bonds. The molecule has 0 radical (unpaired) electrons. The zero-order valence-corrected chi connectivity index (χ0v) is 28.7. The van der Waals surface area contributed by atoms with Crippen LogP contribution in [0.3, 0.4) is 0 Å². The highest BCUT2D eigenvalue weighted by Crippen LogP contribution is 2.50. The van der Waals surface area contributed by atoms with Crippen molar-refractivity contribution >= 4 is 33.1 Å². The first-order valence-electron chi connectivity index (χ1n) is 17.1. The van der Waals surface area contributed by atoms with E-state index >= 15 is 0 Å². The number of carbonyl (C=O) groups is 1. The van der Waals surface area contributed by atoms with E-state index in [-0.39, 0.29) is 36.7 Å². The van der Waals surface area contributed by atoms with Crippen molar-refractivity contribution in [3.63, 3.8) is 0 Å². The van der Waals surface area contributed by atoms with Crippen molar-refractivity contribution in [3.05, 3.63) is 111 Å². The van der Waals surface area contributed by atoms with E-state index in [4.69, 9.17) is 19.1 Å². The zero-order chi connectivity index (χ0) is 35.7. The van der Waals surface area contributed by atoms with Crippen molar-refractivity contribution in [2.24, 2.45) is 0 Å². The van der Waals surface area contributed by atoms with Crippen LogP contribution in [0.5, 0.6) is 5.75 Å². The third-order valence-corrected chi connectivity index (χ3v) is 11.5. The van der Waals surface area contributed by atoms with Crippen molar-refractivity contribution in [2.45, 2.75) is 56.8 Å². The van der Waals surface area contributed by atoms with Crippen LogP contribution >= 0.6 is 11.3 Å². The van der Waals surface area contributed by atoms with E-state index in [9.17, 15) is 22.8 Å². The lowest BCUT2D eigenvalue weighted by molar-refractivity contribution is -0.137. The van der Waals surface area contributed by atoms with E-state index in [1.807, 2.05) is 29.2 Å². The molecule has 3 aliphatic rings. The van der Waals surface area contributed by atoms with Gasteiger partial charge in [-0.1, -0.05) is 30.3 Å². The van der Waals surface area contributed by atoms with Crippen LogP contribution in [0.4, 0.5) is 19.0 Å². The summed E-state index contributed by atoms with van der Waals surface area (Å²) in [4.78, 5) is 38.9. The second kappa shape index (κ2) is 12.3. The van der Waals surface area contributed by atoms with E-state index in [0.717, 1.165) is 64.1 Å². The fraction of sp³-hybridized carbons (Fsp3) is 0.289. The number of nitrogens with one attached hydrogen (secondary N) is 2. The van der Waals surface area contributed by atoms with Gasteiger partial charge < -0.3 is 19.4 Å². The van der Waals surface area contributed by atoms with E-state index in [2.05, 4.69) is 21.6 Å². The Hall–Kier alpha value is -5.50. The third-order valence-electron chi connectivity index (χ3n) is 10.3. The molecule has 6 heterocycles. The summed E-state index contributed by atoms with van der Waals surface area (Å²) in [7, 11) is 1.68. The zero-order valence-electron chi connectivity index (χ0n) is 27.8. The lowest BCUT2D eigenvalue weighted by Gasteiger charge is -2.16. The quantitative estimate of drug-likeness (QED) is 0.162. The first kappa shape index (κ1) is 32.4. The minimum absolute atomic E-state index is 0.0176. The van der Waals surface area contributed by atoms with Crippen LogP contribution < -0.4 is 15.8 Å². The van der Waals surface area contributed by atoms with Gasteiger partial charge in [-0.2, -0.15) is 13.2 Å². The smallest absolute Gasteiger partial charge is 0.434 e. The lowest BCUT2D eigenvalue weighted by atomic mass is 9.92. The number of aromatic amines is 1. The van der Waals surface area contributed by atoms with Crippen molar-refractivity contribution in [3.8, 4) is 27.6 Å². The average Bonchev–Trinajstić information content (AvgIpc) is 3.98. The maximum atomic E-state index is 14.2. The molecule has 1 unspecified atom stereocenters. The number of ether oxygens (including phenoxy) is 1. The number of halogens is 3. The number of anilines is 1. The summed E-state index contributed by atoms with van der Waals surface area (Å²) in [6.07, 6.45) is 1.00. The highest BCUT2D eigenvalue weighted by molar-refractivity contribution is 7.23. The van der Waals surface area contributed by atoms with E-state index in [1.165, 1.54) is 23.0 Å². The van der Waals surface area contributed by atoms with Gasteiger partial charge in [0.2, 0.25) is 0 Å². The first-order valence-corrected chi connectivity index (χ1v) is 17.9. The van der Waals surface area contributed by atoms with E-state index in [1.54, 1.807) is 19.4 Å². The Morgan fingerprint density at radius 3 is 2.73 bits per heavy atom. The molecule has 1 saturated heterocycles. The number of carbonyl (C=O) groups excluding carboxylic acids is 1. The number of hydrogen-bond donors (Lipinski definition) is 2. The number of hydrogen-bond acceptors (Lipinski definition) is 9. The van der Waals surface area contributed by atoms with Gasteiger partial charge in [-0.3, -0.25) is 9.78 Å². The Morgan fingerprint density at radius 1 is 1.06 bits per heavy atom. The topological polar surface area (TPSA) is 126 Å². The van der Waals surface area contributed by atoms with Gasteiger partial charge in [0, 0.05) is 23.2 Å². The Balaban J connectivity index is 1.19. The monoisotopic (exact) mass is 724 g/mol. The molecule has 2 aromatic carbocycles. The van der Waals surface area contributed by atoms with Gasteiger partial charge in [-0.05, 0) is 84.9 Å². The van der Waals surface area contributed by atoms with Crippen LogP contribution in [0, 0.1) is 0 Å². The van der Waals surface area contributed by atoms with Gasteiger partial charge in [0.15, 0.2) is 0 Å². The molecule has 6 aromatic rings. The number of thiophene rings is 1. The summed E-state index contributed by atoms with van der Waals surface area (Å²) in [5.74, 6) is 0.584. The second-order valence-corrected chi connectivity index (χ2v) is 14.3. The molecule has 14 heteroatoms. The number of aromatic nitrogens is 4.